The largest absolute Gasteiger partial charge is 0.306 e. The summed E-state index contributed by atoms with van der Waals surface area (Å²) in [6, 6.07) is 12.8. The molecule has 4 heteroatoms. The van der Waals surface area contributed by atoms with Gasteiger partial charge in [-0.15, -0.1) is 0 Å². The standard InChI is InChI=1S/C15H14Br2FN/c1-2-19-15(10-6-8-11(16)9-7-10)14-12(17)4-3-5-13(14)18/h3-9,15,19H,2H2,1H3. The molecule has 1 unspecified atom stereocenters. The van der Waals surface area contributed by atoms with Crippen LogP contribution < -0.4 is 5.32 Å². The molecular weight excluding hydrogens is 373 g/mol. The Morgan fingerprint density at radius 1 is 1.11 bits per heavy atom. The van der Waals surface area contributed by atoms with Crippen LogP contribution in [0.5, 0.6) is 0 Å². The minimum Gasteiger partial charge on any atom is -0.306 e. The maximum Gasteiger partial charge on any atom is 0.129 e. The van der Waals surface area contributed by atoms with Crippen LogP contribution >= 0.6 is 31.9 Å². The molecule has 2 aromatic rings. The van der Waals surface area contributed by atoms with Crippen molar-refractivity contribution in [1.29, 1.82) is 0 Å². The maximum atomic E-state index is 14.1. The normalized spacial score (nSPS) is 12.4. The summed E-state index contributed by atoms with van der Waals surface area (Å²) in [4.78, 5) is 0. The lowest BCUT2D eigenvalue weighted by atomic mass is 9.98. The highest BCUT2D eigenvalue weighted by Crippen LogP contribution is 2.31. The summed E-state index contributed by atoms with van der Waals surface area (Å²) in [6.07, 6.45) is 0. The number of halogens is 3. The van der Waals surface area contributed by atoms with Crippen LogP contribution in [0.3, 0.4) is 0 Å². The van der Waals surface area contributed by atoms with Gasteiger partial charge in [0.05, 0.1) is 6.04 Å². The zero-order chi connectivity index (χ0) is 13.8. The quantitative estimate of drug-likeness (QED) is 0.775. The second-order valence-electron chi connectivity index (χ2n) is 4.18. The molecule has 0 heterocycles. The minimum absolute atomic E-state index is 0.159. The van der Waals surface area contributed by atoms with E-state index in [0.717, 1.165) is 21.1 Å². The number of hydrogen-bond acceptors (Lipinski definition) is 1. The van der Waals surface area contributed by atoms with Gasteiger partial charge >= 0.3 is 0 Å². The van der Waals surface area contributed by atoms with Gasteiger partial charge in [0.25, 0.3) is 0 Å². The van der Waals surface area contributed by atoms with Crippen molar-refractivity contribution in [3.63, 3.8) is 0 Å². The van der Waals surface area contributed by atoms with Gasteiger partial charge < -0.3 is 5.32 Å². The molecule has 1 N–H and O–H groups in total. The molecular formula is C15H14Br2FN. The fourth-order valence-electron chi connectivity index (χ4n) is 2.03. The van der Waals surface area contributed by atoms with E-state index in [2.05, 4.69) is 37.2 Å². The number of nitrogens with one attached hydrogen (secondary N) is 1. The van der Waals surface area contributed by atoms with E-state index >= 15 is 0 Å². The first-order valence-electron chi connectivity index (χ1n) is 6.06. The van der Waals surface area contributed by atoms with Gasteiger partial charge in [0.15, 0.2) is 0 Å². The van der Waals surface area contributed by atoms with Crippen molar-refractivity contribution in [2.45, 2.75) is 13.0 Å². The van der Waals surface area contributed by atoms with Crippen molar-refractivity contribution >= 4 is 31.9 Å². The van der Waals surface area contributed by atoms with Crippen LogP contribution in [0.2, 0.25) is 0 Å². The van der Waals surface area contributed by atoms with Crippen LogP contribution in [0.15, 0.2) is 51.4 Å². The maximum absolute atomic E-state index is 14.1. The van der Waals surface area contributed by atoms with Crippen LogP contribution in [0.25, 0.3) is 0 Å². The lowest BCUT2D eigenvalue weighted by Crippen LogP contribution is -2.23. The second-order valence-corrected chi connectivity index (χ2v) is 5.95. The highest BCUT2D eigenvalue weighted by molar-refractivity contribution is 9.10. The molecule has 0 bridgehead atoms. The zero-order valence-electron chi connectivity index (χ0n) is 10.5. The van der Waals surface area contributed by atoms with Gasteiger partial charge in [0, 0.05) is 14.5 Å². The lowest BCUT2D eigenvalue weighted by Gasteiger charge is -2.21. The van der Waals surface area contributed by atoms with Crippen LogP contribution in [0, 0.1) is 5.82 Å². The van der Waals surface area contributed by atoms with Gasteiger partial charge in [-0.2, -0.15) is 0 Å². The topological polar surface area (TPSA) is 12.0 Å². The monoisotopic (exact) mass is 385 g/mol. The SMILES string of the molecule is CCNC(c1ccc(Br)cc1)c1c(F)cccc1Br. The fourth-order valence-corrected chi connectivity index (χ4v) is 2.87. The Morgan fingerprint density at radius 2 is 1.79 bits per heavy atom. The Bertz CT molecular complexity index is 534. The average Bonchev–Trinajstić information content (AvgIpc) is 2.38. The molecule has 1 nitrogen and oxygen atoms in total. The van der Waals surface area contributed by atoms with Crippen molar-refractivity contribution in [2.75, 3.05) is 6.54 Å². The van der Waals surface area contributed by atoms with E-state index in [1.165, 1.54) is 6.07 Å². The fraction of sp³-hybridized carbons (Fsp3) is 0.200. The number of benzene rings is 2. The minimum atomic E-state index is -0.205. The van der Waals surface area contributed by atoms with Gasteiger partial charge in [-0.25, -0.2) is 4.39 Å². The summed E-state index contributed by atoms with van der Waals surface area (Å²) in [5.41, 5.74) is 1.68. The Kier molecular flexibility index (Phi) is 5.13. The van der Waals surface area contributed by atoms with Gasteiger partial charge in [0.2, 0.25) is 0 Å². The molecule has 19 heavy (non-hydrogen) atoms. The summed E-state index contributed by atoms with van der Waals surface area (Å²) < 4.78 is 15.9. The summed E-state index contributed by atoms with van der Waals surface area (Å²) in [5, 5.41) is 3.33. The van der Waals surface area contributed by atoms with E-state index in [-0.39, 0.29) is 11.9 Å². The summed E-state index contributed by atoms with van der Waals surface area (Å²) in [7, 11) is 0. The predicted molar refractivity (Wildman–Crippen MR) is 83.8 cm³/mol. The van der Waals surface area contributed by atoms with Gasteiger partial charge in [0.1, 0.15) is 5.82 Å². The molecule has 0 fully saturated rings. The summed E-state index contributed by atoms with van der Waals surface area (Å²) in [5.74, 6) is -0.205. The average molecular weight is 387 g/mol. The molecule has 0 aliphatic heterocycles. The van der Waals surface area contributed by atoms with E-state index in [4.69, 9.17) is 0 Å². The van der Waals surface area contributed by atoms with E-state index in [1.54, 1.807) is 6.07 Å². The third kappa shape index (κ3) is 3.44. The summed E-state index contributed by atoms with van der Waals surface area (Å²) in [6.45, 7) is 2.78. The van der Waals surface area contributed by atoms with E-state index in [0.29, 0.717) is 5.56 Å². The number of rotatable bonds is 4. The van der Waals surface area contributed by atoms with Gasteiger partial charge in [-0.05, 0) is 36.4 Å². The van der Waals surface area contributed by atoms with Gasteiger partial charge in [-0.3, -0.25) is 0 Å². The first-order valence-corrected chi connectivity index (χ1v) is 7.65. The Hall–Kier alpha value is -0.710. The molecule has 0 saturated heterocycles. The molecule has 2 aromatic carbocycles. The second kappa shape index (κ2) is 6.64. The van der Waals surface area contributed by atoms with Crippen molar-refractivity contribution in [3.8, 4) is 0 Å². The Balaban J connectivity index is 2.48. The first-order chi connectivity index (χ1) is 9.13. The van der Waals surface area contributed by atoms with Crippen LogP contribution in [-0.2, 0) is 0 Å². The smallest absolute Gasteiger partial charge is 0.129 e. The highest BCUT2D eigenvalue weighted by Gasteiger charge is 2.19. The van der Waals surface area contributed by atoms with Gasteiger partial charge in [-0.1, -0.05) is 57.0 Å². The van der Waals surface area contributed by atoms with E-state index in [9.17, 15) is 4.39 Å². The molecule has 100 valence electrons. The zero-order valence-corrected chi connectivity index (χ0v) is 13.6. The van der Waals surface area contributed by atoms with Crippen LogP contribution in [-0.4, -0.2) is 6.54 Å². The molecule has 0 amide bonds. The van der Waals surface area contributed by atoms with Crippen molar-refractivity contribution < 1.29 is 4.39 Å². The summed E-state index contributed by atoms with van der Waals surface area (Å²) >= 11 is 6.86. The molecule has 0 radical (unpaired) electrons. The van der Waals surface area contributed by atoms with Crippen molar-refractivity contribution in [1.82, 2.24) is 5.32 Å². The molecule has 0 spiro atoms. The first kappa shape index (κ1) is 14.7. The Morgan fingerprint density at radius 3 is 2.37 bits per heavy atom. The molecule has 0 aliphatic rings. The molecule has 0 aliphatic carbocycles. The third-order valence-corrected chi connectivity index (χ3v) is 4.12. The Labute approximate surface area is 129 Å². The molecule has 2 rings (SSSR count). The van der Waals surface area contributed by atoms with Crippen molar-refractivity contribution in [2.24, 2.45) is 0 Å². The van der Waals surface area contributed by atoms with E-state index < -0.39 is 0 Å². The molecule has 1 atom stereocenters. The number of hydrogen-bond donors (Lipinski definition) is 1. The van der Waals surface area contributed by atoms with Crippen molar-refractivity contribution in [3.05, 3.63) is 68.4 Å². The molecule has 0 aromatic heterocycles. The van der Waals surface area contributed by atoms with Crippen LogP contribution in [0.1, 0.15) is 24.1 Å². The highest BCUT2D eigenvalue weighted by atomic mass is 79.9. The third-order valence-electron chi connectivity index (χ3n) is 2.90. The predicted octanol–water partition coefficient (Wildman–Crippen LogP) is 5.05. The molecule has 0 saturated carbocycles. The van der Waals surface area contributed by atoms with E-state index in [1.807, 2.05) is 37.3 Å². The van der Waals surface area contributed by atoms with Crippen LogP contribution in [0.4, 0.5) is 4.39 Å². The lowest BCUT2D eigenvalue weighted by molar-refractivity contribution is 0.556.